The SMILES string of the molecule is O=c1n(Cc2cc(C(F)(F)F)cc(C(F)(F)F)c2)c(O)c(C=C2C=Nc3ccccc32)n1Cc1ccccc1. The fourth-order valence-electron chi connectivity index (χ4n) is 4.40. The topological polar surface area (TPSA) is 59.5 Å². The van der Waals surface area contributed by atoms with Crippen LogP contribution in [-0.4, -0.2) is 20.5 Å². The van der Waals surface area contributed by atoms with Gasteiger partial charge in [-0.3, -0.25) is 14.1 Å². The number of allylic oxidation sites excluding steroid dienone is 1. The maximum atomic E-state index is 13.5. The number of hydrogen-bond donors (Lipinski definition) is 1. The normalized spacial score (nSPS) is 14.3. The summed E-state index contributed by atoms with van der Waals surface area (Å²) < 4.78 is 82.3. The van der Waals surface area contributed by atoms with Crippen molar-refractivity contribution in [3.63, 3.8) is 0 Å². The van der Waals surface area contributed by atoms with Gasteiger partial charge in [-0.25, -0.2) is 4.79 Å². The zero-order valence-electron chi connectivity index (χ0n) is 20.0. The average molecular weight is 543 g/mol. The summed E-state index contributed by atoms with van der Waals surface area (Å²) in [6.07, 6.45) is -7.04. The fraction of sp³-hybridized carbons (Fsp3) is 0.143. The van der Waals surface area contributed by atoms with E-state index >= 15 is 0 Å². The van der Waals surface area contributed by atoms with Crippen LogP contribution in [0.5, 0.6) is 5.88 Å². The van der Waals surface area contributed by atoms with Gasteiger partial charge in [0.2, 0.25) is 5.88 Å². The quantitative estimate of drug-likeness (QED) is 0.283. The summed E-state index contributed by atoms with van der Waals surface area (Å²) in [5, 5.41) is 11.1. The van der Waals surface area contributed by atoms with Crippen LogP contribution in [0.15, 0.2) is 82.6 Å². The number of para-hydroxylation sites is 1. The lowest BCUT2D eigenvalue weighted by atomic mass is 10.0. The van der Waals surface area contributed by atoms with Crippen LogP contribution in [0.3, 0.4) is 0 Å². The van der Waals surface area contributed by atoms with Crippen LogP contribution in [0.2, 0.25) is 0 Å². The van der Waals surface area contributed by atoms with Crippen molar-refractivity contribution in [2.75, 3.05) is 0 Å². The Morgan fingerprint density at radius 3 is 2.00 bits per heavy atom. The van der Waals surface area contributed by atoms with Crippen molar-refractivity contribution >= 4 is 23.6 Å². The molecule has 0 spiro atoms. The van der Waals surface area contributed by atoms with E-state index in [1.165, 1.54) is 10.6 Å². The van der Waals surface area contributed by atoms with Crippen LogP contribution in [0.1, 0.15) is 33.5 Å². The zero-order valence-corrected chi connectivity index (χ0v) is 20.0. The first-order valence-electron chi connectivity index (χ1n) is 11.6. The monoisotopic (exact) mass is 543 g/mol. The number of fused-ring (bicyclic) bond motifs is 1. The molecule has 0 bridgehead atoms. The largest absolute Gasteiger partial charge is 0.493 e. The minimum atomic E-state index is -5.05. The number of imidazole rings is 1. The molecule has 0 atom stereocenters. The Bertz CT molecular complexity index is 1630. The second-order valence-corrected chi connectivity index (χ2v) is 8.94. The van der Waals surface area contributed by atoms with Crippen molar-refractivity contribution < 1.29 is 31.4 Å². The molecular formula is C28H19F6N3O2. The number of nitrogens with zero attached hydrogens (tertiary/aromatic N) is 3. The minimum absolute atomic E-state index is 0.00543. The Labute approximate surface area is 217 Å². The molecule has 1 aliphatic heterocycles. The molecule has 11 heteroatoms. The molecule has 5 rings (SSSR count). The van der Waals surface area contributed by atoms with Crippen LogP contribution >= 0.6 is 0 Å². The highest BCUT2D eigenvalue weighted by Gasteiger charge is 2.37. The van der Waals surface area contributed by atoms with Gasteiger partial charge < -0.3 is 5.11 Å². The van der Waals surface area contributed by atoms with E-state index in [-0.39, 0.29) is 18.3 Å². The summed E-state index contributed by atoms with van der Waals surface area (Å²) in [5.74, 6) is -0.604. The highest BCUT2D eigenvalue weighted by Crippen LogP contribution is 2.37. The number of aliphatic imine (C=N–C) groups is 1. The van der Waals surface area contributed by atoms with Crippen molar-refractivity contribution in [3.8, 4) is 5.88 Å². The molecule has 5 nitrogen and oxygen atoms in total. The smallest absolute Gasteiger partial charge is 0.416 e. The first kappa shape index (κ1) is 26.1. The maximum absolute atomic E-state index is 13.5. The summed E-state index contributed by atoms with van der Waals surface area (Å²) >= 11 is 0. The van der Waals surface area contributed by atoms with Crippen molar-refractivity contribution in [2.24, 2.45) is 4.99 Å². The molecule has 1 aromatic heterocycles. The molecule has 0 fully saturated rings. The molecule has 2 heterocycles. The van der Waals surface area contributed by atoms with Gasteiger partial charge in [-0.05, 0) is 41.5 Å². The van der Waals surface area contributed by atoms with Gasteiger partial charge >= 0.3 is 18.0 Å². The van der Waals surface area contributed by atoms with Gasteiger partial charge in [-0.1, -0.05) is 48.5 Å². The Morgan fingerprint density at radius 2 is 1.36 bits per heavy atom. The molecule has 3 aromatic carbocycles. The van der Waals surface area contributed by atoms with E-state index < -0.39 is 47.2 Å². The fourth-order valence-corrected chi connectivity index (χ4v) is 4.40. The molecule has 200 valence electrons. The van der Waals surface area contributed by atoms with Crippen LogP contribution in [0.4, 0.5) is 32.0 Å². The number of aromatic nitrogens is 2. The van der Waals surface area contributed by atoms with E-state index in [0.29, 0.717) is 29.0 Å². The Hall–Kier alpha value is -4.54. The number of rotatable bonds is 5. The lowest BCUT2D eigenvalue weighted by Crippen LogP contribution is -2.26. The molecule has 1 aliphatic rings. The maximum Gasteiger partial charge on any atom is 0.416 e. The van der Waals surface area contributed by atoms with E-state index in [1.54, 1.807) is 60.8 Å². The van der Waals surface area contributed by atoms with Gasteiger partial charge in [-0.2, -0.15) is 26.3 Å². The predicted molar refractivity (Wildman–Crippen MR) is 134 cm³/mol. The number of alkyl halides is 6. The second-order valence-electron chi connectivity index (χ2n) is 8.94. The first-order valence-corrected chi connectivity index (χ1v) is 11.6. The molecule has 0 radical (unpaired) electrons. The number of aromatic hydroxyl groups is 1. The van der Waals surface area contributed by atoms with E-state index in [0.717, 1.165) is 10.1 Å². The zero-order chi connectivity index (χ0) is 27.9. The highest BCUT2D eigenvalue weighted by molar-refractivity contribution is 6.21. The van der Waals surface area contributed by atoms with Crippen molar-refractivity contribution in [1.82, 2.24) is 9.13 Å². The molecule has 0 saturated heterocycles. The number of halogens is 6. The van der Waals surface area contributed by atoms with Gasteiger partial charge in [0.05, 0.1) is 29.9 Å². The lowest BCUT2D eigenvalue weighted by molar-refractivity contribution is -0.143. The van der Waals surface area contributed by atoms with Gasteiger partial charge in [0.25, 0.3) is 0 Å². The molecule has 39 heavy (non-hydrogen) atoms. The van der Waals surface area contributed by atoms with E-state index in [1.807, 2.05) is 0 Å². The van der Waals surface area contributed by atoms with Gasteiger partial charge in [0.15, 0.2) is 0 Å². The summed E-state index contributed by atoms with van der Waals surface area (Å²) in [6.45, 7) is -0.727. The minimum Gasteiger partial charge on any atom is -0.493 e. The third-order valence-electron chi connectivity index (χ3n) is 6.26. The van der Waals surface area contributed by atoms with E-state index in [9.17, 15) is 36.2 Å². The Morgan fingerprint density at radius 1 is 0.769 bits per heavy atom. The highest BCUT2D eigenvalue weighted by atomic mass is 19.4. The average Bonchev–Trinajstić information content (AvgIpc) is 3.39. The molecule has 1 N–H and O–H groups in total. The first-order chi connectivity index (χ1) is 18.4. The predicted octanol–water partition coefficient (Wildman–Crippen LogP) is 6.75. The van der Waals surface area contributed by atoms with Crippen LogP contribution < -0.4 is 5.69 Å². The molecule has 0 aliphatic carbocycles. The summed E-state index contributed by atoms with van der Waals surface area (Å²) in [6, 6.07) is 17.0. The van der Waals surface area contributed by atoms with Gasteiger partial charge in [-0.15, -0.1) is 0 Å². The van der Waals surface area contributed by atoms with E-state index in [4.69, 9.17) is 0 Å². The van der Waals surface area contributed by atoms with Crippen LogP contribution in [0, 0.1) is 0 Å². The molecule has 0 amide bonds. The molecular weight excluding hydrogens is 524 g/mol. The Kier molecular flexibility index (Phi) is 6.45. The second kappa shape index (κ2) is 9.64. The summed E-state index contributed by atoms with van der Waals surface area (Å²) in [4.78, 5) is 17.8. The molecule has 0 unspecified atom stereocenters. The van der Waals surface area contributed by atoms with Crippen molar-refractivity contribution in [3.05, 3.63) is 117 Å². The van der Waals surface area contributed by atoms with E-state index in [2.05, 4.69) is 4.99 Å². The van der Waals surface area contributed by atoms with Crippen LogP contribution in [-0.2, 0) is 25.4 Å². The van der Waals surface area contributed by atoms with Gasteiger partial charge in [0, 0.05) is 17.4 Å². The Balaban J connectivity index is 1.65. The third-order valence-corrected chi connectivity index (χ3v) is 6.26. The molecule has 0 saturated carbocycles. The molecule has 4 aromatic rings. The number of hydrogen-bond acceptors (Lipinski definition) is 3. The van der Waals surface area contributed by atoms with Crippen molar-refractivity contribution in [2.45, 2.75) is 25.4 Å². The number of benzene rings is 3. The van der Waals surface area contributed by atoms with Gasteiger partial charge in [0.1, 0.15) is 5.69 Å². The van der Waals surface area contributed by atoms with Crippen LogP contribution in [0.25, 0.3) is 11.6 Å². The lowest BCUT2D eigenvalue weighted by Gasteiger charge is -2.14. The van der Waals surface area contributed by atoms with Crippen molar-refractivity contribution in [1.29, 1.82) is 0 Å². The standard InChI is InChI=1S/C28H19F6N3O2/c29-27(30,31)20-10-18(11-21(13-20)28(32,33)34)16-37-25(38)24(12-19-14-35-23-9-5-4-8-22(19)23)36(26(37)39)15-17-6-2-1-3-7-17/h1-14,38H,15-16H2. The summed E-state index contributed by atoms with van der Waals surface area (Å²) in [5.41, 5.74) is -1.58. The third kappa shape index (κ3) is 5.25. The summed E-state index contributed by atoms with van der Waals surface area (Å²) in [7, 11) is 0.